The van der Waals surface area contributed by atoms with Gasteiger partial charge in [0, 0.05) is 17.2 Å². The number of carbonyl (C=O) groups is 1. The number of aromatic nitrogens is 2. The molecule has 1 aromatic heterocycles. The molecule has 7 nitrogen and oxygen atoms in total. The molecule has 0 radical (unpaired) electrons. The predicted molar refractivity (Wildman–Crippen MR) is 103 cm³/mol. The van der Waals surface area contributed by atoms with E-state index >= 15 is 0 Å². The van der Waals surface area contributed by atoms with Gasteiger partial charge in [-0.1, -0.05) is 35.5 Å². The van der Waals surface area contributed by atoms with Crippen molar-refractivity contribution in [3.8, 4) is 22.9 Å². The molecule has 1 heterocycles. The fourth-order valence-corrected chi connectivity index (χ4v) is 2.44. The van der Waals surface area contributed by atoms with Crippen molar-refractivity contribution < 1.29 is 23.5 Å². The average Bonchev–Trinajstić information content (AvgIpc) is 3.21. The molecular formula is C21H20N2O5. The van der Waals surface area contributed by atoms with Crippen LogP contribution >= 0.6 is 0 Å². The molecule has 3 rings (SSSR count). The first-order valence-electron chi connectivity index (χ1n) is 8.73. The summed E-state index contributed by atoms with van der Waals surface area (Å²) in [5.41, 5.74) is 1.53. The van der Waals surface area contributed by atoms with Crippen LogP contribution in [0.3, 0.4) is 0 Å². The van der Waals surface area contributed by atoms with Crippen LogP contribution in [0.25, 0.3) is 17.5 Å². The molecule has 0 bridgehead atoms. The predicted octanol–water partition coefficient (Wildman–Crippen LogP) is 3.90. The maximum absolute atomic E-state index is 12.0. The summed E-state index contributed by atoms with van der Waals surface area (Å²) in [5.74, 6) is 1.47. The van der Waals surface area contributed by atoms with E-state index in [9.17, 15) is 4.79 Å². The molecule has 0 spiro atoms. The number of hydrogen-bond donors (Lipinski definition) is 0. The highest BCUT2D eigenvalue weighted by molar-refractivity contribution is 5.87. The lowest BCUT2D eigenvalue weighted by atomic mass is 10.2. The van der Waals surface area contributed by atoms with Crippen LogP contribution in [0.2, 0.25) is 0 Å². The third-order valence-electron chi connectivity index (χ3n) is 3.75. The monoisotopic (exact) mass is 380 g/mol. The van der Waals surface area contributed by atoms with Crippen molar-refractivity contribution in [3.05, 3.63) is 66.1 Å². The summed E-state index contributed by atoms with van der Waals surface area (Å²) in [6.45, 7) is 2.33. The van der Waals surface area contributed by atoms with Crippen LogP contribution in [-0.4, -0.2) is 29.8 Å². The number of ether oxygens (including phenoxy) is 3. The SMILES string of the molecule is CCOc1ccccc1/C=C/C(=O)OCc1nc(-c2cccc(OC)c2)no1. The Morgan fingerprint density at radius 1 is 1.18 bits per heavy atom. The standard InChI is InChI=1S/C21H20N2O5/c1-3-26-18-10-5-4-7-15(18)11-12-20(24)27-14-19-22-21(23-28-19)16-8-6-9-17(13-16)25-2/h4-13H,3,14H2,1-2H3/b12-11+. The third-order valence-corrected chi connectivity index (χ3v) is 3.75. The van der Waals surface area contributed by atoms with Crippen molar-refractivity contribution in [1.29, 1.82) is 0 Å². The molecule has 0 fully saturated rings. The highest BCUT2D eigenvalue weighted by atomic mass is 16.6. The van der Waals surface area contributed by atoms with Crippen LogP contribution in [0.1, 0.15) is 18.4 Å². The Morgan fingerprint density at radius 2 is 2.04 bits per heavy atom. The summed E-state index contributed by atoms with van der Waals surface area (Å²) in [5, 5.41) is 3.90. The van der Waals surface area contributed by atoms with Crippen molar-refractivity contribution in [2.24, 2.45) is 0 Å². The van der Waals surface area contributed by atoms with Gasteiger partial charge in [0.05, 0.1) is 13.7 Å². The van der Waals surface area contributed by atoms with Crippen LogP contribution in [0.4, 0.5) is 0 Å². The van der Waals surface area contributed by atoms with E-state index in [-0.39, 0.29) is 12.5 Å². The Kier molecular flexibility index (Phi) is 6.41. The van der Waals surface area contributed by atoms with Gasteiger partial charge < -0.3 is 18.7 Å². The average molecular weight is 380 g/mol. The quantitative estimate of drug-likeness (QED) is 0.433. The molecule has 0 aliphatic rings. The smallest absolute Gasteiger partial charge is 0.331 e. The number of hydrogen-bond acceptors (Lipinski definition) is 7. The van der Waals surface area contributed by atoms with E-state index < -0.39 is 5.97 Å². The Bertz CT molecular complexity index is 965. The Labute approximate surface area is 162 Å². The lowest BCUT2D eigenvalue weighted by Crippen LogP contribution is -2.01. The molecule has 3 aromatic rings. The van der Waals surface area contributed by atoms with Crippen LogP contribution < -0.4 is 9.47 Å². The lowest BCUT2D eigenvalue weighted by Gasteiger charge is -2.06. The van der Waals surface area contributed by atoms with Crippen LogP contribution in [0.15, 0.2) is 59.1 Å². The van der Waals surface area contributed by atoms with Crippen molar-refractivity contribution in [1.82, 2.24) is 10.1 Å². The fourth-order valence-electron chi connectivity index (χ4n) is 2.44. The van der Waals surface area contributed by atoms with E-state index in [0.29, 0.717) is 23.9 Å². The minimum Gasteiger partial charge on any atom is -0.497 e. The van der Waals surface area contributed by atoms with Gasteiger partial charge in [0.1, 0.15) is 11.5 Å². The summed E-state index contributed by atoms with van der Waals surface area (Å²) in [6, 6.07) is 14.7. The van der Waals surface area contributed by atoms with Gasteiger partial charge in [-0.2, -0.15) is 4.98 Å². The zero-order chi connectivity index (χ0) is 19.8. The van der Waals surface area contributed by atoms with Gasteiger partial charge in [0.15, 0.2) is 6.61 Å². The number of carbonyl (C=O) groups excluding carboxylic acids is 1. The molecule has 0 saturated heterocycles. The van der Waals surface area contributed by atoms with Gasteiger partial charge in [-0.05, 0) is 31.2 Å². The van der Waals surface area contributed by atoms with E-state index in [0.717, 1.165) is 11.1 Å². The van der Waals surface area contributed by atoms with Crippen LogP contribution in [-0.2, 0) is 16.1 Å². The number of esters is 1. The van der Waals surface area contributed by atoms with Gasteiger partial charge in [-0.3, -0.25) is 0 Å². The van der Waals surface area contributed by atoms with Gasteiger partial charge >= 0.3 is 5.97 Å². The topological polar surface area (TPSA) is 83.7 Å². The van der Waals surface area contributed by atoms with Crippen molar-refractivity contribution in [2.45, 2.75) is 13.5 Å². The molecule has 2 aromatic carbocycles. The molecule has 0 aliphatic heterocycles. The molecular weight excluding hydrogens is 360 g/mol. The van der Waals surface area contributed by atoms with Crippen molar-refractivity contribution in [2.75, 3.05) is 13.7 Å². The van der Waals surface area contributed by atoms with Gasteiger partial charge in [0.25, 0.3) is 5.89 Å². The highest BCUT2D eigenvalue weighted by Crippen LogP contribution is 2.22. The van der Waals surface area contributed by atoms with Gasteiger partial charge in [-0.25, -0.2) is 4.79 Å². The highest BCUT2D eigenvalue weighted by Gasteiger charge is 2.11. The van der Waals surface area contributed by atoms with E-state index in [4.69, 9.17) is 18.7 Å². The summed E-state index contributed by atoms with van der Waals surface area (Å²) in [6.07, 6.45) is 2.97. The number of nitrogens with zero attached hydrogens (tertiary/aromatic N) is 2. The number of methoxy groups -OCH3 is 1. The Morgan fingerprint density at radius 3 is 2.86 bits per heavy atom. The van der Waals surface area contributed by atoms with Crippen molar-refractivity contribution in [3.63, 3.8) is 0 Å². The molecule has 0 atom stereocenters. The molecule has 0 saturated carbocycles. The lowest BCUT2D eigenvalue weighted by molar-refractivity contribution is -0.139. The van der Waals surface area contributed by atoms with E-state index in [1.165, 1.54) is 6.08 Å². The first-order valence-corrected chi connectivity index (χ1v) is 8.73. The van der Waals surface area contributed by atoms with E-state index in [1.54, 1.807) is 19.3 Å². The second-order valence-electron chi connectivity index (χ2n) is 5.66. The molecule has 7 heteroatoms. The summed E-state index contributed by atoms with van der Waals surface area (Å²) < 4.78 is 21.0. The molecule has 0 amide bonds. The molecule has 0 aliphatic carbocycles. The first-order chi connectivity index (χ1) is 13.7. The minimum absolute atomic E-state index is 0.118. The molecule has 0 N–H and O–H groups in total. The van der Waals surface area contributed by atoms with Crippen LogP contribution in [0, 0.1) is 0 Å². The summed E-state index contributed by atoms with van der Waals surface area (Å²) >= 11 is 0. The summed E-state index contributed by atoms with van der Waals surface area (Å²) in [4.78, 5) is 16.2. The normalized spacial score (nSPS) is 10.8. The van der Waals surface area contributed by atoms with E-state index in [2.05, 4.69) is 10.1 Å². The minimum atomic E-state index is -0.521. The molecule has 144 valence electrons. The van der Waals surface area contributed by atoms with Crippen molar-refractivity contribution >= 4 is 12.0 Å². The zero-order valence-electron chi connectivity index (χ0n) is 15.6. The zero-order valence-corrected chi connectivity index (χ0v) is 15.6. The van der Waals surface area contributed by atoms with Crippen LogP contribution in [0.5, 0.6) is 11.5 Å². The number of para-hydroxylation sites is 1. The van der Waals surface area contributed by atoms with E-state index in [1.807, 2.05) is 49.4 Å². The molecule has 0 unspecified atom stereocenters. The maximum Gasteiger partial charge on any atom is 0.331 e. The maximum atomic E-state index is 12.0. The Balaban J connectivity index is 1.59. The summed E-state index contributed by atoms with van der Waals surface area (Å²) in [7, 11) is 1.58. The molecule has 28 heavy (non-hydrogen) atoms. The fraction of sp³-hybridized carbons (Fsp3) is 0.190. The first kappa shape index (κ1) is 19.2. The number of rotatable bonds is 8. The third kappa shape index (κ3) is 4.97. The second kappa shape index (κ2) is 9.36. The Hall–Kier alpha value is -3.61. The largest absolute Gasteiger partial charge is 0.497 e. The number of benzene rings is 2. The second-order valence-corrected chi connectivity index (χ2v) is 5.66. The van der Waals surface area contributed by atoms with Gasteiger partial charge in [0.2, 0.25) is 5.82 Å². The van der Waals surface area contributed by atoms with Gasteiger partial charge in [-0.15, -0.1) is 0 Å².